The van der Waals surface area contributed by atoms with E-state index in [1.54, 1.807) is 0 Å². The highest BCUT2D eigenvalue weighted by Gasteiger charge is 2.09. The van der Waals surface area contributed by atoms with Crippen LogP contribution in [0.2, 0.25) is 0 Å². The molecule has 0 fully saturated rings. The SMILES string of the molecule is CCCCCCSc1cccc(S(=O)c2cccc(SCCCCCC)c2)c1. The van der Waals surface area contributed by atoms with Crippen molar-refractivity contribution in [1.82, 2.24) is 0 Å². The predicted octanol–water partition coefficient (Wildman–Crippen LogP) is 8.20. The third-order valence-corrected chi connectivity index (χ3v) is 8.10. The van der Waals surface area contributed by atoms with E-state index < -0.39 is 10.8 Å². The molecule has 0 saturated carbocycles. The lowest BCUT2D eigenvalue weighted by Crippen LogP contribution is -1.94. The molecule has 4 heteroatoms. The zero-order valence-electron chi connectivity index (χ0n) is 17.3. The van der Waals surface area contributed by atoms with E-state index in [2.05, 4.69) is 38.1 Å². The monoisotopic (exact) mass is 434 g/mol. The molecule has 28 heavy (non-hydrogen) atoms. The Balaban J connectivity index is 1.92. The Labute approximate surface area is 182 Å². The molecule has 0 unspecified atom stereocenters. The summed E-state index contributed by atoms with van der Waals surface area (Å²) in [6.07, 6.45) is 10.3. The van der Waals surface area contributed by atoms with E-state index in [0.717, 1.165) is 21.3 Å². The minimum atomic E-state index is -1.11. The van der Waals surface area contributed by atoms with Crippen LogP contribution < -0.4 is 0 Å². The third kappa shape index (κ3) is 8.75. The first-order chi connectivity index (χ1) is 13.7. The summed E-state index contributed by atoms with van der Waals surface area (Å²) in [6.45, 7) is 4.48. The average Bonchev–Trinajstić information content (AvgIpc) is 2.73. The fraction of sp³-hybridized carbons (Fsp3) is 0.500. The first kappa shape index (κ1) is 23.6. The first-order valence-electron chi connectivity index (χ1n) is 10.6. The van der Waals surface area contributed by atoms with Gasteiger partial charge in [0.05, 0.1) is 10.8 Å². The summed E-state index contributed by atoms with van der Waals surface area (Å²) < 4.78 is 13.1. The van der Waals surface area contributed by atoms with Crippen molar-refractivity contribution in [2.75, 3.05) is 11.5 Å². The maximum atomic E-state index is 13.1. The Hall–Kier alpha value is -0.710. The molecule has 2 aromatic rings. The first-order valence-corrected chi connectivity index (χ1v) is 13.7. The molecule has 0 aliphatic heterocycles. The van der Waals surface area contributed by atoms with E-state index in [0.29, 0.717) is 0 Å². The second-order valence-electron chi connectivity index (χ2n) is 7.04. The highest BCUT2D eigenvalue weighted by atomic mass is 32.2. The van der Waals surface area contributed by atoms with Crippen molar-refractivity contribution in [2.24, 2.45) is 0 Å². The maximum absolute atomic E-state index is 13.1. The van der Waals surface area contributed by atoms with Gasteiger partial charge in [0, 0.05) is 19.6 Å². The van der Waals surface area contributed by atoms with E-state index in [-0.39, 0.29) is 0 Å². The highest BCUT2D eigenvalue weighted by molar-refractivity contribution is 7.99. The summed E-state index contributed by atoms with van der Waals surface area (Å²) in [6, 6.07) is 16.5. The largest absolute Gasteiger partial charge is 0.249 e. The Bertz CT molecular complexity index is 655. The standard InChI is InChI=1S/C24H34OS3/c1-3-5-7-9-17-26-21-13-11-15-23(19-21)28(25)24-16-12-14-22(20-24)27-18-10-8-6-4-2/h11-16,19-20H,3-10,17-18H2,1-2H3. The quantitative estimate of drug-likeness (QED) is 0.220. The number of rotatable bonds is 14. The van der Waals surface area contributed by atoms with Crippen LogP contribution in [-0.4, -0.2) is 15.7 Å². The summed E-state index contributed by atoms with van der Waals surface area (Å²) in [5, 5.41) is 0. The minimum absolute atomic E-state index is 0.906. The predicted molar refractivity (Wildman–Crippen MR) is 127 cm³/mol. The van der Waals surface area contributed by atoms with Crippen molar-refractivity contribution in [3.8, 4) is 0 Å². The van der Waals surface area contributed by atoms with E-state index >= 15 is 0 Å². The Kier molecular flexibility index (Phi) is 12.0. The molecule has 2 aromatic carbocycles. The van der Waals surface area contributed by atoms with Crippen LogP contribution in [0.4, 0.5) is 0 Å². The number of thioether (sulfide) groups is 2. The van der Waals surface area contributed by atoms with Gasteiger partial charge in [0.2, 0.25) is 0 Å². The molecule has 0 radical (unpaired) electrons. The van der Waals surface area contributed by atoms with Crippen molar-refractivity contribution < 1.29 is 4.21 Å². The van der Waals surface area contributed by atoms with Gasteiger partial charge in [-0.3, -0.25) is 0 Å². The summed E-state index contributed by atoms with van der Waals surface area (Å²) in [4.78, 5) is 4.26. The fourth-order valence-electron chi connectivity index (χ4n) is 2.93. The van der Waals surface area contributed by atoms with Gasteiger partial charge in [-0.2, -0.15) is 0 Å². The molecular weight excluding hydrogens is 400 g/mol. The second kappa shape index (κ2) is 14.3. The summed E-state index contributed by atoms with van der Waals surface area (Å²) in [5.74, 6) is 2.28. The zero-order chi connectivity index (χ0) is 20.0. The summed E-state index contributed by atoms with van der Waals surface area (Å²) in [5.41, 5.74) is 0. The van der Waals surface area contributed by atoms with Gasteiger partial charge in [-0.15, -0.1) is 23.5 Å². The molecular formula is C24H34OS3. The van der Waals surface area contributed by atoms with Crippen LogP contribution in [0.5, 0.6) is 0 Å². The van der Waals surface area contributed by atoms with Crippen molar-refractivity contribution in [3.05, 3.63) is 48.5 Å². The molecule has 0 spiro atoms. The highest BCUT2D eigenvalue weighted by Crippen LogP contribution is 2.27. The second-order valence-corrected chi connectivity index (χ2v) is 10.9. The molecule has 0 bridgehead atoms. The van der Waals surface area contributed by atoms with E-state index in [9.17, 15) is 4.21 Å². The van der Waals surface area contributed by atoms with Crippen LogP contribution in [0.1, 0.15) is 65.2 Å². The van der Waals surface area contributed by atoms with Crippen molar-refractivity contribution in [3.63, 3.8) is 0 Å². The average molecular weight is 435 g/mol. The third-order valence-electron chi connectivity index (χ3n) is 4.57. The van der Waals surface area contributed by atoms with Crippen LogP contribution >= 0.6 is 23.5 Å². The molecule has 154 valence electrons. The number of hydrogen-bond donors (Lipinski definition) is 0. The Morgan fingerprint density at radius 3 is 1.57 bits per heavy atom. The lowest BCUT2D eigenvalue weighted by atomic mass is 10.2. The van der Waals surface area contributed by atoms with E-state index in [1.807, 2.05) is 47.8 Å². The van der Waals surface area contributed by atoms with Gasteiger partial charge in [0.15, 0.2) is 0 Å². The Morgan fingerprint density at radius 2 is 1.14 bits per heavy atom. The van der Waals surface area contributed by atoms with Crippen LogP contribution in [0, 0.1) is 0 Å². The van der Waals surface area contributed by atoms with Crippen LogP contribution in [0.3, 0.4) is 0 Å². The molecule has 2 rings (SSSR count). The van der Waals surface area contributed by atoms with E-state index in [1.165, 1.54) is 61.2 Å². The number of unbranched alkanes of at least 4 members (excludes halogenated alkanes) is 6. The molecule has 0 N–H and O–H groups in total. The minimum Gasteiger partial charge on any atom is -0.249 e. The summed E-state index contributed by atoms with van der Waals surface area (Å²) in [7, 11) is -1.11. The number of hydrogen-bond acceptors (Lipinski definition) is 3. The molecule has 0 atom stereocenters. The molecule has 0 heterocycles. The van der Waals surface area contributed by atoms with Crippen molar-refractivity contribution >= 4 is 34.3 Å². The maximum Gasteiger partial charge on any atom is 0.0850 e. The van der Waals surface area contributed by atoms with Gasteiger partial charge >= 0.3 is 0 Å². The van der Waals surface area contributed by atoms with Gasteiger partial charge in [0.25, 0.3) is 0 Å². The smallest absolute Gasteiger partial charge is 0.0850 e. The molecule has 0 saturated heterocycles. The van der Waals surface area contributed by atoms with Gasteiger partial charge in [-0.1, -0.05) is 64.5 Å². The number of benzene rings is 2. The molecule has 0 aliphatic rings. The molecule has 0 aromatic heterocycles. The van der Waals surface area contributed by atoms with Gasteiger partial charge < -0.3 is 0 Å². The zero-order valence-corrected chi connectivity index (χ0v) is 19.8. The van der Waals surface area contributed by atoms with Gasteiger partial charge in [-0.05, 0) is 60.7 Å². The molecule has 1 nitrogen and oxygen atoms in total. The van der Waals surface area contributed by atoms with Gasteiger partial charge in [0.1, 0.15) is 0 Å². The van der Waals surface area contributed by atoms with Crippen LogP contribution in [-0.2, 0) is 10.8 Å². The fourth-order valence-corrected chi connectivity index (χ4v) is 6.16. The van der Waals surface area contributed by atoms with Crippen LogP contribution in [0.25, 0.3) is 0 Å². The molecule has 0 amide bonds. The van der Waals surface area contributed by atoms with Crippen LogP contribution in [0.15, 0.2) is 68.1 Å². The topological polar surface area (TPSA) is 17.1 Å². The summed E-state index contributed by atoms with van der Waals surface area (Å²) >= 11 is 3.76. The van der Waals surface area contributed by atoms with E-state index in [4.69, 9.17) is 0 Å². The van der Waals surface area contributed by atoms with Crippen molar-refractivity contribution in [1.29, 1.82) is 0 Å². The van der Waals surface area contributed by atoms with Crippen molar-refractivity contribution in [2.45, 2.75) is 84.8 Å². The lowest BCUT2D eigenvalue weighted by molar-refractivity contribution is 0.682. The lowest BCUT2D eigenvalue weighted by Gasteiger charge is -2.08. The normalized spacial score (nSPS) is 11.2. The Morgan fingerprint density at radius 1 is 0.679 bits per heavy atom. The van der Waals surface area contributed by atoms with Gasteiger partial charge in [-0.25, -0.2) is 4.21 Å². The molecule has 0 aliphatic carbocycles.